The van der Waals surface area contributed by atoms with Crippen LogP contribution < -0.4 is 11.1 Å². The highest BCUT2D eigenvalue weighted by atomic mass is 32.1. The number of amides is 1. The molecule has 0 fully saturated rings. The molecule has 3 nitrogen and oxygen atoms in total. The Labute approximate surface area is 101 Å². The molecule has 0 radical (unpaired) electrons. The molecule has 0 aliphatic heterocycles. The molecule has 0 saturated heterocycles. The lowest BCUT2D eigenvalue weighted by atomic mass is 10.1. The molecule has 0 aliphatic rings. The summed E-state index contributed by atoms with van der Waals surface area (Å²) in [7, 11) is 0. The maximum Gasteiger partial charge on any atom is 0.220 e. The van der Waals surface area contributed by atoms with Crippen LogP contribution in [0, 0.1) is 0 Å². The molecule has 1 heterocycles. The fraction of sp³-hybridized carbons (Fsp3) is 0.583. The standard InChI is InChI=1S/C12H20N2OS/c13-8-9-14-12(15)7-3-1-2-5-11-6-4-10-16-11/h4,6,10H,1-3,5,7-9,13H2,(H,14,15). The van der Waals surface area contributed by atoms with E-state index in [1.807, 2.05) is 0 Å². The van der Waals surface area contributed by atoms with Crippen LogP contribution in [0.2, 0.25) is 0 Å². The highest BCUT2D eigenvalue weighted by molar-refractivity contribution is 7.09. The molecule has 0 aromatic carbocycles. The second kappa shape index (κ2) is 8.30. The summed E-state index contributed by atoms with van der Waals surface area (Å²) in [5, 5.41) is 4.88. The van der Waals surface area contributed by atoms with E-state index in [1.54, 1.807) is 11.3 Å². The van der Waals surface area contributed by atoms with E-state index in [9.17, 15) is 4.79 Å². The van der Waals surface area contributed by atoms with Gasteiger partial charge in [0.1, 0.15) is 0 Å². The van der Waals surface area contributed by atoms with E-state index in [0.29, 0.717) is 19.5 Å². The van der Waals surface area contributed by atoms with Gasteiger partial charge in [-0.05, 0) is 30.7 Å². The van der Waals surface area contributed by atoms with E-state index in [1.165, 1.54) is 11.3 Å². The predicted octanol–water partition coefficient (Wildman–Crippen LogP) is 1.93. The van der Waals surface area contributed by atoms with Crippen molar-refractivity contribution in [2.24, 2.45) is 5.73 Å². The molecule has 0 aliphatic carbocycles. The van der Waals surface area contributed by atoms with Gasteiger partial charge in [-0.3, -0.25) is 4.79 Å². The number of unbranched alkanes of at least 4 members (excludes halogenated alkanes) is 2. The summed E-state index contributed by atoms with van der Waals surface area (Å²) in [4.78, 5) is 12.7. The maximum atomic E-state index is 11.2. The third-order valence-corrected chi connectivity index (χ3v) is 3.31. The zero-order valence-corrected chi connectivity index (χ0v) is 10.4. The highest BCUT2D eigenvalue weighted by Gasteiger charge is 2.00. The molecule has 3 N–H and O–H groups in total. The molecule has 0 spiro atoms. The summed E-state index contributed by atoms with van der Waals surface area (Å²) < 4.78 is 0. The van der Waals surface area contributed by atoms with E-state index in [4.69, 9.17) is 5.73 Å². The normalized spacial score (nSPS) is 10.3. The van der Waals surface area contributed by atoms with E-state index in [2.05, 4.69) is 22.8 Å². The summed E-state index contributed by atoms with van der Waals surface area (Å²) in [5.41, 5.74) is 5.29. The van der Waals surface area contributed by atoms with Crippen LogP contribution in [0.15, 0.2) is 17.5 Å². The average Bonchev–Trinajstić information content (AvgIpc) is 2.79. The molecule has 16 heavy (non-hydrogen) atoms. The Morgan fingerprint density at radius 3 is 2.94 bits per heavy atom. The molecule has 0 bridgehead atoms. The first-order valence-electron chi connectivity index (χ1n) is 5.82. The number of hydrogen-bond donors (Lipinski definition) is 2. The third kappa shape index (κ3) is 5.88. The summed E-state index contributed by atoms with van der Waals surface area (Å²) in [6.45, 7) is 1.11. The van der Waals surface area contributed by atoms with Gasteiger partial charge in [-0.1, -0.05) is 12.5 Å². The second-order valence-corrected chi connectivity index (χ2v) is 4.81. The largest absolute Gasteiger partial charge is 0.355 e. The van der Waals surface area contributed by atoms with Gasteiger partial charge in [0.2, 0.25) is 5.91 Å². The minimum atomic E-state index is 0.126. The average molecular weight is 240 g/mol. The summed E-state index contributed by atoms with van der Waals surface area (Å²) in [6.07, 6.45) is 5.03. The smallest absolute Gasteiger partial charge is 0.220 e. The number of carbonyl (C=O) groups excluding carboxylic acids is 1. The number of nitrogens with two attached hydrogens (primary N) is 1. The molecule has 90 valence electrons. The molecule has 1 aromatic rings. The van der Waals surface area contributed by atoms with Crippen LogP contribution in [-0.4, -0.2) is 19.0 Å². The van der Waals surface area contributed by atoms with Crippen LogP contribution in [0.1, 0.15) is 30.6 Å². The van der Waals surface area contributed by atoms with Gasteiger partial charge < -0.3 is 11.1 Å². The minimum absolute atomic E-state index is 0.126. The van der Waals surface area contributed by atoms with Gasteiger partial charge >= 0.3 is 0 Å². The fourth-order valence-corrected chi connectivity index (χ4v) is 2.27. The van der Waals surface area contributed by atoms with Crippen molar-refractivity contribution >= 4 is 17.2 Å². The van der Waals surface area contributed by atoms with Gasteiger partial charge in [0.25, 0.3) is 0 Å². The quantitative estimate of drug-likeness (QED) is 0.682. The first-order chi connectivity index (χ1) is 7.83. The molecule has 0 saturated carbocycles. The van der Waals surface area contributed by atoms with Crippen molar-refractivity contribution in [1.82, 2.24) is 5.32 Å². The number of hydrogen-bond acceptors (Lipinski definition) is 3. The van der Waals surface area contributed by atoms with E-state index < -0.39 is 0 Å². The van der Waals surface area contributed by atoms with Crippen molar-refractivity contribution < 1.29 is 4.79 Å². The monoisotopic (exact) mass is 240 g/mol. The molecule has 1 aromatic heterocycles. The SMILES string of the molecule is NCCNC(=O)CCCCCc1cccs1. The third-order valence-electron chi connectivity index (χ3n) is 2.37. The van der Waals surface area contributed by atoms with E-state index in [0.717, 1.165) is 19.3 Å². The zero-order chi connectivity index (χ0) is 11.6. The van der Waals surface area contributed by atoms with Gasteiger partial charge in [-0.25, -0.2) is 0 Å². The van der Waals surface area contributed by atoms with Gasteiger partial charge in [-0.2, -0.15) is 0 Å². The van der Waals surface area contributed by atoms with Crippen molar-refractivity contribution in [2.75, 3.05) is 13.1 Å². The van der Waals surface area contributed by atoms with Crippen LogP contribution in [0.4, 0.5) is 0 Å². The molecule has 0 unspecified atom stereocenters. The Hall–Kier alpha value is -0.870. The van der Waals surface area contributed by atoms with Crippen molar-refractivity contribution in [3.8, 4) is 0 Å². The maximum absolute atomic E-state index is 11.2. The number of thiophene rings is 1. The number of aryl methyl sites for hydroxylation is 1. The van der Waals surface area contributed by atoms with E-state index >= 15 is 0 Å². The molecular weight excluding hydrogens is 220 g/mol. The Balaban J connectivity index is 1.93. The lowest BCUT2D eigenvalue weighted by Crippen LogP contribution is -2.28. The predicted molar refractivity (Wildman–Crippen MR) is 68.6 cm³/mol. The van der Waals surface area contributed by atoms with Gasteiger partial charge in [0.15, 0.2) is 0 Å². The number of rotatable bonds is 8. The van der Waals surface area contributed by atoms with Crippen molar-refractivity contribution in [2.45, 2.75) is 32.1 Å². The van der Waals surface area contributed by atoms with Gasteiger partial charge in [0, 0.05) is 24.4 Å². The van der Waals surface area contributed by atoms with Crippen molar-refractivity contribution in [3.63, 3.8) is 0 Å². The van der Waals surface area contributed by atoms with Gasteiger partial charge in [0.05, 0.1) is 0 Å². The zero-order valence-electron chi connectivity index (χ0n) is 9.58. The molecule has 1 amide bonds. The lowest BCUT2D eigenvalue weighted by Gasteiger charge is -2.02. The minimum Gasteiger partial charge on any atom is -0.355 e. The molecule has 4 heteroatoms. The van der Waals surface area contributed by atoms with Crippen molar-refractivity contribution in [3.05, 3.63) is 22.4 Å². The van der Waals surface area contributed by atoms with Crippen LogP contribution in [0.25, 0.3) is 0 Å². The molecular formula is C12H20N2OS. The lowest BCUT2D eigenvalue weighted by molar-refractivity contribution is -0.121. The van der Waals surface area contributed by atoms with Crippen LogP contribution in [0.3, 0.4) is 0 Å². The first-order valence-corrected chi connectivity index (χ1v) is 6.70. The number of nitrogens with one attached hydrogen (secondary N) is 1. The second-order valence-electron chi connectivity index (χ2n) is 3.78. The highest BCUT2D eigenvalue weighted by Crippen LogP contribution is 2.13. The summed E-state index contributed by atoms with van der Waals surface area (Å²) in [5.74, 6) is 0.126. The van der Waals surface area contributed by atoms with Crippen LogP contribution in [0.5, 0.6) is 0 Å². The Bertz CT molecular complexity index is 285. The Kier molecular flexibility index (Phi) is 6.85. The van der Waals surface area contributed by atoms with E-state index in [-0.39, 0.29) is 5.91 Å². The van der Waals surface area contributed by atoms with Crippen molar-refractivity contribution in [1.29, 1.82) is 0 Å². The Morgan fingerprint density at radius 1 is 1.38 bits per heavy atom. The summed E-state index contributed by atoms with van der Waals surface area (Å²) >= 11 is 1.81. The summed E-state index contributed by atoms with van der Waals surface area (Å²) in [6, 6.07) is 4.25. The molecule has 0 atom stereocenters. The Morgan fingerprint density at radius 2 is 2.25 bits per heavy atom. The first kappa shape index (κ1) is 13.2. The van der Waals surface area contributed by atoms with Gasteiger partial charge in [-0.15, -0.1) is 11.3 Å². The van der Waals surface area contributed by atoms with Crippen LogP contribution >= 0.6 is 11.3 Å². The topological polar surface area (TPSA) is 55.1 Å². The number of carbonyl (C=O) groups is 1. The molecule has 1 rings (SSSR count). The van der Waals surface area contributed by atoms with Crippen LogP contribution in [-0.2, 0) is 11.2 Å². The fourth-order valence-electron chi connectivity index (χ4n) is 1.52.